The maximum Gasteiger partial charge on any atom is 0.213 e. The first-order valence-corrected chi connectivity index (χ1v) is 10.4. The van der Waals surface area contributed by atoms with Gasteiger partial charge in [0.25, 0.3) is 0 Å². The van der Waals surface area contributed by atoms with Crippen LogP contribution in [0.4, 0.5) is 8.78 Å². The van der Waals surface area contributed by atoms with E-state index in [9.17, 15) is 17.2 Å². The summed E-state index contributed by atoms with van der Waals surface area (Å²) in [5, 5.41) is 5.94. The van der Waals surface area contributed by atoms with Crippen LogP contribution in [0.5, 0.6) is 0 Å². The van der Waals surface area contributed by atoms with Gasteiger partial charge >= 0.3 is 0 Å². The van der Waals surface area contributed by atoms with Crippen molar-refractivity contribution in [3.05, 3.63) is 35.4 Å². The summed E-state index contributed by atoms with van der Waals surface area (Å²) in [4.78, 5) is 4.02. The number of benzene rings is 1. The minimum absolute atomic E-state index is 0. The first-order valence-electron chi connectivity index (χ1n) is 8.70. The summed E-state index contributed by atoms with van der Waals surface area (Å²) in [5.41, 5.74) is 0.557. The lowest BCUT2D eigenvalue weighted by atomic mass is 9.86. The highest BCUT2D eigenvalue weighted by Gasteiger charge is 2.20. The maximum atomic E-state index is 13.3. The molecule has 154 valence electrons. The normalized spacial score (nSPS) is 16.2. The molecule has 1 aliphatic rings. The lowest BCUT2D eigenvalue weighted by molar-refractivity contribution is 0.316. The van der Waals surface area contributed by atoms with Gasteiger partial charge in [0.2, 0.25) is 10.0 Å². The van der Waals surface area contributed by atoms with Gasteiger partial charge in [-0.1, -0.05) is 12.5 Å². The minimum atomic E-state index is -3.33. The van der Waals surface area contributed by atoms with Gasteiger partial charge in [0.1, 0.15) is 0 Å². The molecule has 3 N–H and O–H groups in total. The van der Waals surface area contributed by atoms with Gasteiger partial charge in [-0.15, -0.1) is 24.0 Å². The van der Waals surface area contributed by atoms with Crippen molar-refractivity contribution in [3.8, 4) is 0 Å². The van der Waals surface area contributed by atoms with E-state index in [1.807, 2.05) is 0 Å². The summed E-state index contributed by atoms with van der Waals surface area (Å²) >= 11 is 0. The van der Waals surface area contributed by atoms with Crippen molar-refractivity contribution in [1.82, 2.24) is 15.4 Å². The van der Waals surface area contributed by atoms with E-state index >= 15 is 0 Å². The van der Waals surface area contributed by atoms with Crippen molar-refractivity contribution in [1.29, 1.82) is 0 Å². The van der Waals surface area contributed by atoms with Crippen LogP contribution >= 0.6 is 24.0 Å². The van der Waals surface area contributed by atoms with Crippen molar-refractivity contribution in [2.75, 3.05) is 25.9 Å². The fourth-order valence-electron chi connectivity index (χ4n) is 2.58. The molecular weight excluding hydrogens is 489 g/mol. The lowest BCUT2D eigenvalue weighted by Gasteiger charge is -2.25. The molecule has 1 unspecified atom stereocenters. The Bertz CT molecular complexity index is 742. The number of aliphatic imine (C=N–C) groups is 1. The zero-order valence-corrected chi connectivity index (χ0v) is 18.6. The van der Waals surface area contributed by atoms with Crippen LogP contribution in [0.15, 0.2) is 23.2 Å². The van der Waals surface area contributed by atoms with E-state index in [1.54, 1.807) is 14.0 Å². The standard InChI is InChI=1S/C17H26F2N4O2S.HI/c1-12(14-6-7-15(18)16(19)10-14)23-17(20-2)21-8-9-26(24,25)22-11-13-4-3-5-13;/h6-7,10,12-13,22H,3-5,8-9,11H2,1-2H3,(H2,20,21,23);1H. The summed E-state index contributed by atoms with van der Waals surface area (Å²) in [7, 11) is -1.78. The summed E-state index contributed by atoms with van der Waals surface area (Å²) in [6, 6.07) is 3.34. The number of nitrogens with one attached hydrogen (secondary N) is 3. The van der Waals surface area contributed by atoms with Crippen molar-refractivity contribution in [2.45, 2.75) is 32.2 Å². The van der Waals surface area contributed by atoms with Crippen LogP contribution in [0.3, 0.4) is 0 Å². The van der Waals surface area contributed by atoms with Gasteiger partial charge in [-0.2, -0.15) is 0 Å². The van der Waals surface area contributed by atoms with Gasteiger partial charge in [-0.25, -0.2) is 21.9 Å². The third kappa shape index (κ3) is 7.86. The molecule has 0 aliphatic heterocycles. The van der Waals surface area contributed by atoms with Crippen molar-refractivity contribution in [2.24, 2.45) is 10.9 Å². The van der Waals surface area contributed by atoms with Gasteiger partial charge in [-0.05, 0) is 43.4 Å². The predicted molar refractivity (Wildman–Crippen MR) is 114 cm³/mol. The molecule has 0 spiro atoms. The topological polar surface area (TPSA) is 82.6 Å². The molecule has 1 atom stereocenters. The highest BCUT2D eigenvalue weighted by molar-refractivity contribution is 14.0. The zero-order chi connectivity index (χ0) is 19.2. The lowest BCUT2D eigenvalue weighted by Crippen LogP contribution is -2.42. The first kappa shape index (κ1) is 24.0. The van der Waals surface area contributed by atoms with E-state index < -0.39 is 21.7 Å². The Labute approximate surface area is 176 Å². The molecule has 10 heteroatoms. The van der Waals surface area contributed by atoms with E-state index in [4.69, 9.17) is 0 Å². The largest absolute Gasteiger partial charge is 0.355 e. The number of hydrogen-bond acceptors (Lipinski definition) is 3. The summed E-state index contributed by atoms with van der Waals surface area (Å²) < 4.78 is 52.9. The predicted octanol–water partition coefficient (Wildman–Crippen LogP) is 2.53. The summed E-state index contributed by atoms with van der Waals surface area (Å²) in [6.07, 6.45) is 3.34. The monoisotopic (exact) mass is 516 g/mol. The van der Waals surface area contributed by atoms with Crippen LogP contribution in [0.1, 0.15) is 37.8 Å². The Hall–Kier alpha value is -1.01. The molecule has 1 aromatic carbocycles. The van der Waals surface area contributed by atoms with E-state index in [1.165, 1.54) is 12.5 Å². The van der Waals surface area contributed by atoms with E-state index in [0.717, 1.165) is 25.0 Å². The summed E-state index contributed by atoms with van der Waals surface area (Å²) in [6.45, 7) is 2.46. The minimum Gasteiger partial charge on any atom is -0.355 e. The van der Waals surface area contributed by atoms with Crippen molar-refractivity contribution in [3.63, 3.8) is 0 Å². The highest BCUT2D eigenvalue weighted by Crippen LogP contribution is 2.25. The van der Waals surface area contributed by atoms with Gasteiger partial charge in [-0.3, -0.25) is 4.99 Å². The average molecular weight is 516 g/mol. The molecule has 0 amide bonds. The Morgan fingerprint density at radius 2 is 2.00 bits per heavy atom. The zero-order valence-electron chi connectivity index (χ0n) is 15.5. The van der Waals surface area contributed by atoms with Crippen molar-refractivity contribution >= 4 is 40.0 Å². The van der Waals surface area contributed by atoms with Crippen LogP contribution in [-0.4, -0.2) is 40.3 Å². The molecule has 0 bridgehead atoms. The number of rotatable bonds is 8. The van der Waals surface area contributed by atoms with Crippen LogP contribution in [0, 0.1) is 17.6 Å². The Morgan fingerprint density at radius 3 is 2.56 bits per heavy atom. The molecule has 6 nitrogen and oxygen atoms in total. The molecule has 1 aliphatic carbocycles. The second kappa shape index (κ2) is 11.1. The maximum absolute atomic E-state index is 13.3. The second-order valence-electron chi connectivity index (χ2n) is 6.50. The smallest absolute Gasteiger partial charge is 0.213 e. The first-order chi connectivity index (χ1) is 12.3. The second-order valence-corrected chi connectivity index (χ2v) is 8.43. The quantitative estimate of drug-likeness (QED) is 0.282. The van der Waals surface area contributed by atoms with E-state index in [-0.39, 0.29) is 42.3 Å². The van der Waals surface area contributed by atoms with Crippen LogP contribution in [0.2, 0.25) is 0 Å². The number of sulfonamides is 1. The summed E-state index contributed by atoms with van der Waals surface area (Å²) in [5.74, 6) is -1.04. The number of halogens is 3. The third-order valence-electron chi connectivity index (χ3n) is 4.50. The van der Waals surface area contributed by atoms with Crippen LogP contribution in [-0.2, 0) is 10.0 Å². The fraction of sp³-hybridized carbons (Fsp3) is 0.588. The van der Waals surface area contributed by atoms with Gasteiger partial charge in [0.05, 0.1) is 11.8 Å². The van der Waals surface area contributed by atoms with Gasteiger partial charge in [0, 0.05) is 20.1 Å². The molecule has 0 heterocycles. The molecule has 0 saturated heterocycles. The molecule has 0 aromatic heterocycles. The molecule has 1 saturated carbocycles. The third-order valence-corrected chi connectivity index (χ3v) is 5.85. The van der Waals surface area contributed by atoms with Crippen LogP contribution < -0.4 is 15.4 Å². The SMILES string of the molecule is CN=C(NCCS(=O)(=O)NCC1CCC1)NC(C)c1ccc(F)c(F)c1.I. The van der Waals surface area contributed by atoms with Crippen LogP contribution in [0.25, 0.3) is 0 Å². The molecule has 0 radical (unpaired) electrons. The fourth-order valence-corrected chi connectivity index (χ4v) is 3.59. The Morgan fingerprint density at radius 1 is 1.30 bits per heavy atom. The Kier molecular flexibility index (Phi) is 9.88. The molecule has 1 fully saturated rings. The van der Waals surface area contributed by atoms with Gasteiger partial charge in [0.15, 0.2) is 17.6 Å². The number of nitrogens with zero attached hydrogens (tertiary/aromatic N) is 1. The Balaban J connectivity index is 0.00000364. The highest BCUT2D eigenvalue weighted by atomic mass is 127. The van der Waals surface area contributed by atoms with Gasteiger partial charge < -0.3 is 10.6 Å². The molecule has 2 rings (SSSR count). The van der Waals surface area contributed by atoms with E-state index in [0.29, 0.717) is 24.0 Å². The molecule has 1 aromatic rings. The number of hydrogen-bond donors (Lipinski definition) is 3. The van der Waals surface area contributed by atoms with Crippen molar-refractivity contribution < 1.29 is 17.2 Å². The average Bonchev–Trinajstić information content (AvgIpc) is 2.54. The molecule has 27 heavy (non-hydrogen) atoms. The molecular formula is C17H27F2IN4O2S. The van der Waals surface area contributed by atoms with E-state index in [2.05, 4.69) is 20.3 Å². The number of guanidine groups is 1.